The number of amides is 1. The van der Waals surface area contributed by atoms with Crippen molar-refractivity contribution in [2.75, 3.05) is 43.9 Å². The Kier molecular flexibility index (Phi) is 5.07. The molecular weight excluding hydrogens is 264 g/mol. The minimum atomic E-state index is -0.0283. The molecule has 1 atom stereocenters. The van der Waals surface area contributed by atoms with Crippen LogP contribution in [-0.4, -0.2) is 50.1 Å². The fourth-order valence-corrected chi connectivity index (χ4v) is 2.86. The molecular formula is C16H26N4O. The van der Waals surface area contributed by atoms with E-state index in [1.165, 1.54) is 0 Å². The first-order chi connectivity index (χ1) is 10.1. The lowest BCUT2D eigenvalue weighted by atomic mass is 10.1. The third kappa shape index (κ3) is 3.47. The molecule has 1 aliphatic rings. The molecule has 5 heteroatoms. The summed E-state index contributed by atoms with van der Waals surface area (Å²) in [5, 5.41) is 2.88. The Balaban J connectivity index is 2.29. The molecule has 0 bridgehead atoms. The number of carbonyl (C=O) groups excluding carboxylic acids is 1. The average Bonchev–Trinajstić information content (AvgIpc) is 2.48. The van der Waals surface area contributed by atoms with E-state index in [0.29, 0.717) is 23.8 Å². The third-order valence-electron chi connectivity index (χ3n) is 4.19. The van der Waals surface area contributed by atoms with E-state index in [4.69, 9.17) is 5.73 Å². The van der Waals surface area contributed by atoms with Gasteiger partial charge in [-0.15, -0.1) is 0 Å². The number of nitrogens with zero attached hydrogens (tertiary/aromatic N) is 2. The van der Waals surface area contributed by atoms with Gasteiger partial charge < -0.3 is 16.0 Å². The van der Waals surface area contributed by atoms with Gasteiger partial charge in [-0.05, 0) is 38.6 Å². The molecule has 0 radical (unpaired) electrons. The topological polar surface area (TPSA) is 61.6 Å². The van der Waals surface area contributed by atoms with Crippen LogP contribution in [-0.2, 0) is 0 Å². The highest BCUT2D eigenvalue weighted by molar-refractivity contribution is 6.00. The van der Waals surface area contributed by atoms with E-state index in [1.807, 2.05) is 19.1 Å². The van der Waals surface area contributed by atoms with Crippen molar-refractivity contribution < 1.29 is 4.79 Å². The van der Waals surface area contributed by atoms with Gasteiger partial charge in [-0.2, -0.15) is 0 Å². The first kappa shape index (κ1) is 15.6. The molecule has 1 aromatic rings. The van der Waals surface area contributed by atoms with E-state index in [2.05, 4.69) is 29.1 Å². The second kappa shape index (κ2) is 6.80. The molecule has 1 aliphatic heterocycles. The molecule has 0 aliphatic carbocycles. The van der Waals surface area contributed by atoms with Crippen LogP contribution in [0.3, 0.4) is 0 Å². The van der Waals surface area contributed by atoms with E-state index >= 15 is 0 Å². The number of nitrogens with two attached hydrogens (primary N) is 1. The van der Waals surface area contributed by atoms with Crippen LogP contribution in [0, 0.1) is 0 Å². The van der Waals surface area contributed by atoms with Crippen molar-refractivity contribution in [1.82, 2.24) is 10.2 Å². The van der Waals surface area contributed by atoms with Gasteiger partial charge in [0.05, 0.1) is 11.3 Å². The lowest BCUT2D eigenvalue weighted by Crippen LogP contribution is -2.51. The number of nitrogens with one attached hydrogen (secondary N) is 1. The van der Waals surface area contributed by atoms with Crippen LogP contribution in [0.4, 0.5) is 11.4 Å². The summed E-state index contributed by atoms with van der Waals surface area (Å²) >= 11 is 0. The minimum absolute atomic E-state index is 0.0283. The number of benzene rings is 1. The minimum Gasteiger partial charge on any atom is -0.399 e. The van der Waals surface area contributed by atoms with Crippen LogP contribution in [0.15, 0.2) is 18.2 Å². The van der Waals surface area contributed by atoms with Gasteiger partial charge in [0.15, 0.2) is 0 Å². The van der Waals surface area contributed by atoms with Gasteiger partial charge >= 0.3 is 0 Å². The summed E-state index contributed by atoms with van der Waals surface area (Å²) < 4.78 is 0. The number of carbonyl (C=O) groups is 1. The summed E-state index contributed by atoms with van der Waals surface area (Å²) in [5.41, 5.74) is 8.30. The molecule has 1 saturated heterocycles. The lowest BCUT2D eigenvalue weighted by Gasteiger charge is -2.41. The molecule has 1 heterocycles. The van der Waals surface area contributed by atoms with Gasteiger partial charge in [-0.1, -0.05) is 6.92 Å². The van der Waals surface area contributed by atoms with Gasteiger partial charge in [0.2, 0.25) is 0 Å². The van der Waals surface area contributed by atoms with E-state index in [0.717, 1.165) is 31.7 Å². The Bertz CT molecular complexity index is 503. The average molecular weight is 290 g/mol. The highest BCUT2D eigenvalue weighted by atomic mass is 16.1. The van der Waals surface area contributed by atoms with E-state index in [9.17, 15) is 4.79 Å². The van der Waals surface area contributed by atoms with Crippen molar-refractivity contribution in [1.29, 1.82) is 0 Å². The number of rotatable bonds is 4. The SMILES string of the molecule is CCNC(=O)c1ccc(N)cc1N1CCN(C)C(CC)C1. The van der Waals surface area contributed by atoms with E-state index < -0.39 is 0 Å². The standard InChI is InChI=1S/C16H26N4O/c1-4-13-11-20(9-8-19(13)3)15-10-12(17)6-7-14(15)16(21)18-5-2/h6-7,10,13H,4-5,8-9,11,17H2,1-3H3,(H,18,21). The second-order valence-corrected chi connectivity index (χ2v) is 5.62. The Morgan fingerprint density at radius 1 is 1.38 bits per heavy atom. The molecule has 0 aromatic heterocycles. The first-order valence-corrected chi connectivity index (χ1v) is 7.69. The van der Waals surface area contributed by atoms with Crippen molar-refractivity contribution in [2.24, 2.45) is 0 Å². The molecule has 116 valence electrons. The Hall–Kier alpha value is -1.75. The monoisotopic (exact) mass is 290 g/mol. The molecule has 2 rings (SSSR count). The normalized spacial score (nSPS) is 19.6. The van der Waals surface area contributed by atoms with Crippen molar-refractivity contribution in [2.45, 2.75) is 26.3 Å². The molecule has 1 fully saturated rings. The Labute approximate surface area is 127 Å². The molecule has 21 heavy (non-hydrogen) atoms. The van der Waals surface area contributed by atoms with E-state index in [1.54, 1.807) is 6.07 Å². The number of nitrogen functional groups attached to an aromatic ring is 1. The molecule has 1 unspecified atom stereocenters. The van der Waals surface area contributed by atoms with Gasteiger partial charge in [0.25, 0.3) is 5.91 Å². The summed E-state index contributed by atoms with van der Waals surface area (Å²) in [6, 6.07) is 6.06. The van der Waals surface area contributed by atoms with Crippen molar-refractivity contribution in [3.8, 4) is 0 Å². The first-order valence-electron chi connectivity index (χ1n) is 7.69. The smallest absolute Gasteiger partial charge is 0.253 e. The summed E-state index contributed by atoms with van der Waals surface area (Å²) in [5.74, 6) is -0.0283. The second-order valence-electron chi connectivity index (χ2n) is 5.62. The van der Waals surface area contributed by atoms with E-state index in [-0.39, 0.29) is 5.91 Å². The molecule has 5 nitrogen and oxygen atoms in total. The zero-order chi connectivity index (χ0) is 15.4. The van der Waals surface area contributed by atoms with Crippen LogP contribution in [0.2, 0.25) is 0 Å². The third-order valence-corrected chi connectivity index (χ3v) is 4.19. The van der Waals surface area contributed by atoms with Gasteiger partial charge in [0, 0.05) is 37.9 Å². The zero-order valence-corrected chi connectivity index (χ0v) is 13.2. The maximum absolute atomic E-state index is 12.2. The summed E-state index contributed by atoms with van der Waals surface area (Å²) in [7, 11) is 2.16. The van der Waals surface area contributed by atoms with Crippen LogP contribution in [0.1, 0.15) is 30.6 Å². The lowest BCUT2D eigenvalue weighted by molar-refractivity contribution is 0.0956. The summed E-state index contributed by atoms with van der Waals surface area (Å²) in [6.45, 7) is 7.61. The van der Waals surface area contributed by atoms with Crippen molar-refractivity contribution in [3.05, 3.63) is 23.8 Å². The Morgan fingerprint density at radius 2 is 2.14 bits per heavy atom. The summed E-state index contributed by atoms with van der Waals surface area (Å²) in [4.78, 5) is 16.9. The van der Waals surface area contributed by atoms with Gasteiger partial charge in [-0.25, -0.2) is 0 Å². The molecule has 0 spiro atoms. The van der Waals surface area contributed by atoms with Crippen LogP contribution >= 0.6 is 0 Å². The summed E-state index contributed by atoms with van der Waals surface area (Å²) in [6.07, 6.45) is 1.10. The predicted octanol–water partition coefficient (Wildman–Crippen LogP) is 1.55. The molecule has 0 saturated carbocycles. The maximum Gasteiger partial charge on any atom is 0.253 e. The van der Waals surface area contributed by atoms with Crippen molar-refractivity contribution in [3.63, 3.8) is 0 Å². The zero-order valence-electron chi connectivity index (χ0n) is 13.2. The quantitative estimate of drug-likeness (QED) is 0.826. The number of likely N-dealkylation sites (N-methyl/N-ethyl adjacent to an activating group) is 1. The van der Waals surface area contributed by atoms with Crippen LogP contribution in [0.5, 0.6) is 0 Å². The molecule has 1 aromatic carbocycles. The number of hydrogen-bond acceptors (Lipinski definition) is 4. The fraction of sp³-hybridized carbons (Fsp3) is 0.562. The fourth-order valence-electron chi connectivity index (χ4n) is 2.86. The Morgan fingerprint density at radius 3 is 2.81 bits per heavy atom. The predicted molar refractivity (Wildman–Crippen MR) is 87.8 cm³/mol. The highest BCUT2D eigenvalue weighted by Gasteiger charge is 2.25. The number of anilines is 2. The van der Waals surface area contributed by atoms with Crippen LogP contribution in [0.25, 0.3) is 0 Å². The van der Waals surface area contributed by atoms with Gasteiger partial charge in [0.1, 0.15) is 0 Å². The number of piperazine rings is 1. The van der Waals surface area contributed by atoms with Gasteiger partial charge in [-0.3, -0.25) is 9.69 Å². The molecule has 3 N–H and O–H groups in total. The van der Waals surface area contributed by atoms with Crippen molar-refractivity contribution >= 4 is 17.3 Å². The maximum atomic E-state index is 12.2. The highest BCUT2D eigenvalue weighted by Crippen LogP contribution is 2.26. The molecule has 1 amide bonds. The number of hydrogen-bond donors (Lipinski definition) is 2. The van der Waals surface area contributed by atoms with Crippen LogP contribution < -0.4 is 16.0 Å². The largest absolute Gasteiger partial charge is 0.399 e.